The zero-order chi connectivity index (χ0) is 15.7. The molecule has 2 aromatic rings. The standard InChI is InChI=1S/C15H14F3NO2/c1-14(20,11-5-3-4-6-13(11)21-2)12-9-19-8-7-10(12)15(16,17)18/h3-9,20H,1-2H3. The van der Waals surface area contributed by atoms with Gasteiger partial charge in [-0.25, -0.2) is 0 Å². The predicted octanol–water partition coefficient (Wildman–Crippen LogP) is 3.36. The smallest absolute Gasteiger partial charge is 0.416 e. The van der Waals surface area contributed by atoms with Gasteiger partial charge in [0, 0.05) is 23.5 Å². The highest BCUT2D eigenvalue weighted by atomic mass is 19.4. The largest absolute Gasteiger partial charge is 0.496 e. The Hall–Kier alpha value is -2.08. The van der Waals surface area contributed by atoms with Crippen molar-refractivity contribution in [1.82, 2.24) is 4.98 Å². The van der Waals surface area contributed by atoms with E-state index in [2.05, 4.69) is 4.98 Å². The maximum Gasteiger partial charge on any atom is 0.416 e. The molecule has 1 atom stereocenters. The Morgan fingerprint density at radius 3 is 2.33 bits per heavy atom. The first-order valence-corrected chi connectivity index (χ1v) is 6.16. The molecular weight excluding hydrogens is 283 g/mol. The molecule has 0 bridgehead atoms. The van der Waals surface area contributed by atoms with Gasteiger partial charge in [-0.05, 0) is 19.1 Å². The van der Waals surface area contributed by atoms with Crippen LogP contribution in [0.1, 0.15) is 23.6 Å². The Morgan fingerprint density at radius 1 is 1.05 bits per heavy atom. The summed E-state index contributed by atoms with van der Waals surface area (Å²) in [5.41, 5.74) is -2.88. The second-order valence-corrected chi connectivity index (χ2v) is 4.69. The highest BCUT2D eigenvalue weighted by Gasteiger charge is 2.40. The maximum absolute atomic E-state index is 13.1. The van der Waals surface area contributed by atoms with E-state index in [9.17, 15) is 18.3 Å². The van der Waals surface area contributed by atoms with Gasteiger partial charge in [-0.3, -0.25) is 4.98 Å². The average Bonchev–Trinajstić information content (AvgIpc) is 2.46. The van der Waals surface area contributed by atoms with E-state index in [0.29, 0.717) is 5.75 Å². The number of pyridine rings is 1. The number of hydrogen-bond acceptors (Lipinski definition) is 3. The number of hydrogen-bond donors (Lipinski definition) is 1. The number of methoxy groups -OCH3 is 1. The molecule has 1 N–H and O–H groups in total. The molecule has 0 fully saturated rings. The van der Waals surface area contributed by atoms with Crippen LogP contribution in [-0.2, 0) is 11.8 Å². The molecule has 21 heavy (non-hydrogen) atoms. The van der Waals surface area contributed by atoms with E-state index in [1.54, 1.807) is 18.2 Å². The van der Waals surface area contributed by atoms with E-state index in [4.69, 9.17) is 4.74 Å². The molecule has 6 heteroatoms. The predicted molar refractivity (Wildman–Crippen MR) is 70.9 cm³/mol. The number of benzene rings is 1. The average molecular weight is 297 g/mol. The third-order valence-electron chi connectivity index (χ3n) is 3.28. The second kappa shape index (κ2) is 5.37. The summed E-state index contributed by atoms with van der Waals surface area (Å²) < 4.78 is 44.4. The first kappa shape index (κ1) is 15.3. The monoisotopic (exact) mass is 297 g/mol. The van der Waals surface area contributed by atoms with Gasteiger partial charge in [0.05, 0.1) is 12.7 Å². The van der Waals surface area contributed by atoms with Crippen LogP contribution < -0.4 is 4.74 Å². The van der Waals surface area contributed by atoms with Crippen molar-refractivity contribution in [3.05, 3.63) is 59.4 Å². The summed E-state index contributed by atoms with van der Waals surface area (Å²) in [6, 6.07) is 7.24. The molecule has 0 saturated carbocycles. The molecule has 0 spiro atoms. The van der Waals surface area contributed by atoms with Crippen LogP contribution >= 0.6 is 0 Å². The molecule has 0 radical (unpaired) electrons. The summed E-state index contributed by atoms with van der Waals surface area (Å²) in [4.78, 5) is 3.71. The molecule has 3 nitrogen and oxygen atoms in total. The Morgan fingerprint density at radius 2 is 1.71 bits per heavy atom. The van der Waals surface area contributed by atoms with Gasteiger partial charge in [-0.2, -0.15) is 13.2 Å². The fourth-order valence-corrected chi connectivity index (χ4v) is 2.22. The molecular formula is C15H14F3NO2. The third-order valence-corrected chi connectivity index (χ3v) is 3.28. The van der Waals surface area contributed by atoms with Gasteiger partial charge in [-0.1, -0.05) is 18.2 Å². The molecule has 0 amide bonds. The van der Waals surface area contributed by atoms with Gasteiger partial charge in [0.15, 0.2) is 0 Å². The summed E-state index contributed by atoms with van der Waals surface area (Å²) in [6.45, 7) is 1.29. The van der Waals surface area contributed by atoms with Crippen LogP contribution in [0.5, 0.6) is 5.75 Å². The molecule has 1 unspecified atom stereocenters. The molecule has 1 aromatic heterocycles. The number of aromatic nitrogens is 1. The highest BCUT2D eigenvalue weighted by Crippen LogP contribution is 2.41. The van der Waals surface area contributed by atoms with Crippen molar-refractivity contribution in [1.29, 1.82) is 0 Å². The van der Waals surface area contributed by atoms with Crippen LogP contribution in [-0.4, -0.2) is 17.2 Å². The number of alkyl halides is 3. The lowest BCUT2D eigenvalue weighted by atomic mass is 9.85. The van der Waals surface area contributed by atoms with Gasteiger partial charge >= 0.3 is 6.18 Å². The highest BCUT2D eigenvalue weighted by molar-refractivity contribution is 5.46. The molecule has 0 aliphatic rings. The number of nitrogens with zero attached hydrogens (tertiary/aromatic N) is 1. The van der Waals surface area contributed by atoms with Crippen molar-refractivity contribution in [2.75, 3.05) is 7.11 Å². The third kappa shape index (κ3) is 2.85. The molecule has 2 rings (SSSR count). The maximum atomic E-state index is 13.1. The van der Waals surface area contributed by atoms with Crippen molar-refractivity contribution in [2.24, 2.45) is 0 Å². The van der Waals surface area contributed by atoms with Crippen LogP contribution in [0.25, 0.3) is 0 Å². The van der Waals surface area contributed by atoms with Crippen LogP contribution in [0.15, 0.2) is 42.7 Å². The van der Waals surface area contributed by atoms with Gasteiger partial charge in [0.25, 0.3) is 0 Å². The lowest BCUT2D eigenvalue weighted by Crippen LogP contribution is -2.27. The first-order valence-electron chi connectivity index (χ1n) is 6.16. The summed E-state index contributed by atoms with van der Waals surface area (Å²) in [7, 11) is 1.39. The quantitative estimate of drug-likeness (QED) is 0.944. The Balaban J connectivity index is 2.65. The Bertz CT molecular complexity index is 639. The molecule has 1 aromatic carbocycles. The summed E-state index contributed by atoms with van der Waals surface area (Å²) in [5.74, 6) is 0.305. The van der Waals surface area contributed by atoms with E-state index in [-0.39, 0.29) is 11.1 Å². The minimum Gasteiger partial charge on any atom is -0.496 e. The molecule has 0 aliphatic carbocycles. The number of aliphatic hydroxyl groups is 1. The fourth-order valence-electron chi connectivity index (χ4n) is 2.22. The summed E-state index contributed by atoms with van der Waals surface area (Å²) >= 11 is 0. The van der Waals surface area contributed by atoms with E-state index < -0.39 is 17.3 Å². The fraction of sp³-hybridized carbons (Fsp3) is 0.267. The van der Waals surface area contributed by atoms with Gasteiger partial charge in [0.2, 0.25) is 0 Å². The van der Waals surface area contributed by atoms with E-state index in [0.717, 1.165) is 18.5 Å². The minimum absolute atomic E-state index is 0.242. The molecule has 1 heterocycles. The minimum atomic E-state index is -4.58. The van der Waals surface area contributed by atoms with Crippen molar-refractivity contribution in [3.8, 4) is 5.75 Å². The van der Waals surface area contributed by atoms with E-state index in [1.807, 2.05) is 0 Å². The zero-order valence-electron chi connectivity index (χ0n) is 11.5. The Labute approximate surface area is 120 Å². The van der Waals surface area contributed by atoms with Crippen LogP contribution in [0, 0.1) is 0 Å². The lowest BCUT2D eigenvalue weighted by molar-refractivity contribution is -0.140. The van der Waals surface area contributed by atoms with E-state index >= 15 is 0 Å². The second-order valence-electron chi connectivity index (χ2n) is 4.69. The Kier molecular flexibility index (Phi) is 3.91. The van der Waals surface area contributed by atoms with E-state index in [1.165, 1.54) is 20.1 Å². The number of halogens is 3. The topological polar surface area (TPSA) is 42.4 Å². The zero-order valence-corrected chi connectivity index (χ0v) is 11.5. The normalized spacial score (nSPS) is 14.6. The SMILES string of the molecule is COc1ccccc1C(C)(O)c1cnccc1C(F)(F)F. The van der Waals surface area contributed by atoms with Gasteiger partial charge < -0.3 is 9.84 Å². The number of ether oxygens (including phenoxy) is 1. The number of para-hydroxylation sites is 1. The van der Waals surface area contributed by atoms with Crippen LogP contribution in [0.3, 0.4) is 0 Å². The van der Waals surface area contributed by atoms with Crippen molar-refractivity contribution in [2.45, 2.75) is 18.7 Å². The van der Waals surface area contributed by atoms with Crippen LogP contribution in [0.4, 0.5) is 13.2 Å². The molecule has 0 saturated heterocycles. The molecule has 0 aliphatic heterocycles. The van der Waals surface area contributed by atoms with Gasteiger partial charge in [-0.15, -0.1) is 0 Å². The van der Waals surface area contributed by atoms with Crippen molar-refractivity contribution in [3.63, 3.8) is 0 Å². The van der Waals surface area contributed by atoms with Crippen molar-refractivity contribution >= 4 is 0 Å². The van der Waals surface area contributed by atoms with Crippen molar-refractivity contribution < 1.29 is 23.0 Å². The lowest BCUT2D eigenvalue weighted by Gasteiger charge is -2.28. The van der Waals surface area contributed by atoms with Gasteiger partial charge in [0.1, 0.15) is 11.4 Å². The summed E-state index contributed by atoms with van der Waals surface area (Å²) in [5, 5.41) is 10.7. The summed E-state index contributed by atoms with van der Waals surface area (Å²) in [6.07, 6.45) is -2.51. The number of rotatable bonds is 3. The first-order chi connectivity index (χ1) is 9.78. The molecule has 112 valence electrons. The van der Waals surface area contributed by atoms with Crippen LogP contribution in [0.2, 0.25) is 0 Å².